The molecule has 0 N–H and O–H groups in total. The molecule has 0 saturated heterocycles. The van der Waals surface area contributed by atoms with Crippen molar-refractivity contribution in [3.8, 4) is 0 Å². The Morgan fingerprint density at radius 3 is 1.94 bits per heavy atom. The maximum absolute atomic E-state index is 2.30. The minimum absolute atomic E-state index is 0. The summed E-state index contributed by atoms with van der Waals surface area (Å²) in [6.45, 7) is 2.30. The maximum Gasteiger partial charge on any atom is -1.00 e. The van der Waals surface area contributed by atoms with Gasteiger partial charge < -0.3 is 24.8 Å². The van der Waals surface area contributed by atoms with E-state index in [-0.39, 0.29) is 24.8 Å². The molecule has 3 heteroatoms. The summed E-state index contributed by atoms with van der Waals surface area (Å²) in [6, 6.07) is 28.5. The van der Waals surface area contributed by atoms with E-state index < -0.39 is 0 Å². The summed E-state index contributed by atoms with van der Waals surface area (Å²) in [5, 5.41) is 2.74. The predicted octanol–water partition coefficient (Wildman–Crippen LogP) is -0.730. The third-order valence-corrected chi connectivity index (χ3v) is 7.40. The fourth-order valence-electron chi connectivity index (χ4n) is 4.47. The van der Waals surface area contributed by atoms with E-state index in [1.54, 1.807) is 0 Å². The average molecular weight is 520 g/mol. The van der Waals surface area contributed by atoms with Crippen molar-refractivity contribution in [2.24, 2.45) is 0 Å². The molecule has 0 aromatic heterocycles. The van der Waals surface area contributed by atoms with Crippen LogP contribution in [0.3, 0.4) is 0 Å². The second kappa shape index (κ2) is 10.1. The zero-order valence-electron chi connectivity index (χ0n) is 17.2. The Morgan fingerprint density at radius 1 is 0.774 bits per heavy atom. The van der Waals surface area contributed by atoms with Crippen molar-refractivity contribution in [1.82, 2.24) is 0 Å². The Morgan fingerprint density at radius 2 is 1.39 bits per heavy atom. The van der Waals surface area contributed by atoms with Gasteiger partial charge in [-0.3, -0.25) is 0 Å². The van der Waals surface area contributed by atoms with Crippen LogP contribution in [0.25, 0.3) is 14.4 Å². The van der Waals surface area contributed by atoms with Crippen LogP contribution < -0.4 is 35.3 Å². The van der Waals surface area contributed by atoms with Gasteiger partial charge in [-0.15, -0.1) is 0 Å². The molecule has 0 saturated carbocycles. The van der Waals surface area contributed by atoms with E-state index >= 15 is 0 Å². The molecule has 0 atom stereocenters. The molecule has 2 aliphatic carbocycles. The zero-order chi connectivity index (χ0) is 19.8. The average Bonchev–Trinajstić information content (AvgIpc) is 3.38. The number of halogens is 2. The second-order valence-corrected chi connectivity index (χ2v) is 8.76. The van der Waals surface area contributed by atoms with Gasteiger partial charge in [-0.05, 0) is 0 Å². The Kier molecular flexibility index (Phi) is 7.76. The van der Waals surface area contributed by atoms with E-state index in [9.17, 15) is 0 Å². The fourth-order valence-corrected chi connectivity index (χ4v) is 5.29. The van der Waals surface area contributed by atoms with Crippen molar-refractivity contribution in [3.05, 3.63) is 135 Å². The normalized spacial score (nSPS) is 14.0. The minimum atomic E-state index is 0. The minimum Gasteiger partial charge on any atom is -1.00 e. The van der Waals surface area contributed by atoms with E-state index in [1.165, 1.54) is 77.4 Å². The molecule has 151 valence electrons. The number of allylic oxidation sites excluding steroid dienone is 5. The number of fused-ring (bicyclic) bond motifs is 1. The van der Waals surface area contributed by atoms with E-state index in [0.29, 0.717) is 0 Å². The Bertz CT molecular complexity index is 1270. The van der Waals surface area contributed by atoms with Gasteiger partial charge in [-0.25, -0.2) is 0 Å². The standard InChI is InChI=1S/C28H21.2ClH.Zr/c1-20-19-24-17-10-18-25(28(24)26(20)21-15-8-9-16-21)27(22-11-4-2-5-12-22)23-13-6-3-7-14-23;;;/h2-15,17-18H,16H2,1H3;2*1H;/q;;;+2/p-2. The number of hydrogen-bond donors (Lipinski definition) is 0. The summed E-state index contributed by atoms with van der Waals surface area (Å²) < 4.78 is 1.48. The van der Waals surface area contributed by atoms with Crippen LogP contribution in [0.1, 0.15) is 30.0 Å². The summed E-state index contributed by atoms with van der Waals surface area (Å²) in [7, 11) is 0. The number of rotatable bonds is 3. The van der Waals surface area contributed by atoms with Gasteiger partial charge >= 0.3 is 188 Å². The van der Waals surface area contributed by atoms with E-state index in [1.807, 2.05) is 0 Å². The van der Waals surface area contributed by atoms with Crippen molar-refractivity contribution < 1.29 is 49.5 Å². The van der Waals surface area contributed by atoms with Crippen LogP contribution in [-0.2, 0) is 24.7 Å². The van der Waals surface area contributed by atoms with Crippen LogP contribution in [0.2, 0.25) is 0 Å². The van der Waals surface area contributed by atoms with Gasteiger partial charge in [0.25, 0.3) is 0 Å². The van der Waals surface area contributed by atoms with Crippen molar-refractivity contribution in [3.63, 3.8) is 0 Å². The van der Waals surface area contributed by atoms with Gasteiger partial charge in [0.15, 0.2) is 0 Å². The van der Waals surface area contributed by atoms with Gasteiger partial charge in [0, 0.05) is 0 Å². The predicted molar refractivity (Wildman–Crippen MR) is 118 cm³/mol. The molecule has 3 aromatic rings. The Balaban J connectivity index is 0.00000136. The molecule has 5 rings (SSSR count). The molecule has 0 nitrogen and oxygen atoms in total. The van der Waals surface area contributed by atoms with Gasteiger partial charge in [-0.1, -0.05) is 0 Å². The fraction of sp³-hybridized carbons (Fsp3) is 0.0714. The van der Waals surface area contributed by atoms with E-state index in [2.05, 4.69) is 104 Å². The van der Waals surface area contributed by atoms with Gasteiger partial charge in [0.1, 0.15) is 0 Å². The first-order chi connectivity index (χ1) is 14.3. The van der Waals surface area contributed by atoms with Gasteiger partial charge in [0.2, 0.25) is 0 Å². The smallest absolute Gasteiger partial charge is 1.00 e. The monoisotopic (exact) mass is 517 g/mol. The molecule has 0 unspecified atom stereocenters. The molecular weight excluding hydrogens is 498 g/mol. The third-order valence-electron chi connectivity index (χ3n) is 5.82. The summed E-state index contributed by atoms with van der Waals surface area (Å²) >= 11 is 1.48. The quantitative estimate of drug-likeness (QED) is 0.428. The number of benzene rings is 3. The molecule has 3 aromatic carbocycles. The van der Waals surface area contributed by atoms with E-state index in [0.717, 1.165) is 6.42 Å². The Hall–Kier alpha value is -1.92. The summed E-state index contributed by atoms with van der Waals surface area (Å²) in [5.41, 5.74) is 9.57. The van der Waals surface area contributed by atoms with E-state index in [4.69, 9.17) is 0 Å². The summed E-state index contributed by atoms with van der Waals surface area (Å²) in [5.74, 6) is 0. The largest absolute Gasteiger partial charge is 1.00 e. The maximum atomic E-state index is 2.30. The summed E-state index contributed by atoms with van der Waals surface area (Å²) in [6.07, 6.45) is 7.77. The molecule has 0 bridgehead atoms. The molecule has 0 spiro atoms. The van der Waals surface area contributed by atoms with Crippen LogP contribution in [0, 0.1) is 0 Å². The van der Waals surface area contributed by atoms with Crippen molar-refractivity contribution >= 4 is 14.4 Å². The molecule has 0 radical (unpaired) electrons. The van der Waals surface area contributed by atoms with Crippen molar-refractivity contribution in [1.29, 1.82) is 0 Å². The molecule has 0 amide bonds. The van der Waals surface area contributed by atoms with Crippen LogP contribution in [-0.4, -0.2) is 0 Å². The SMILES string of the molecule is CC1=[C]([Zr+2])c2cccc(=C(c3ccccc3)c3ccccc3)c2=C1C1=CC=CC1.[Cl-].[Cl-]. The van der Waals surface area contributed by atoms with Gasteiger partial charge in [0.05, 0.1) is 0 Å². The van der Waals surface area contributed by atoms with Gasteiger partial charge in [-0.2, -0.15) is 0 Å². The topological polar surface area (TPSA) is 0 Å². The Labute approximate surface area is 211 Å². The third kappa shape index (κ3) is 4.25. The first-order valence-electron chi connectivity index (χ1n) is 10.0. The van der Waals surface area contributed by atoms with Crippen LogP contribution in [0.4, 0.5) is 0 Å². The molecule has 0 fully saturated rings. The second-order valence-electron chi connectivity index (χ2n) is 7.53. The van der Waals surface area contributed by atoms with Crippen LogP contribution in [0.5, 0.6) is 0 Å². The first kappa shape index (κ1) is 23.7. The summed E-state index contributed by atoms with van der Waals surface area (Å²) in [4.78, 5) is 0. The zero-order valence-corrected chi connectivity index (χ0v) is 21.2. The first-order valence-corrected chi connectivity index (χ1v) is 11.3. The van der Waals surface area contributed by atoms with Crippen molar-refractivity contribution in [2.75, 3.05) is 0 Å². The molecule has 2 aliphatic rings. The molecule has 0 aliphatic heterocycles. The number of hydrogen-bond acceptors (Lipinski definition) is 0. The molecular formula is C28H21Cl2Zr. The molecule has 31 heavy (non-hydrogen) atoms. The van der Waals surface area contributed by atoms with Crippen molar-refractivity contribution in [2.45, 2.75) is 13.3 Å². The van der Waals surface area contributed by atoms with Crippen LogP contribution in [0.15, 0.2) is 108 Å². The molecule has 0 heterocycles. The van der Waals surface area contributed by atoms with Crippen LogP contribution >= 0.6 is 0 Å².